The summed E-state index contributed by atoms with van der Waals surface area (Å²) >= 11 is 0. The van der Waals surface area contributed by atoms with Crippen molar-refractivity contribution in [1.82, 2.24) is 0 Å². The van der Waals surface area contributed by atoms with Crippen molar-refractivity contribution in [2.24, 2.45) is 0 Å². The van der Waals surface area contributed by atoms with Crippen LogP contribution in [0.5, 0.6) is 0 Å². The molecule has 0 amide bonds. The smallest absolute Gasteiger partial charge is 0.123 e. The molecule has 0 aliphatic heterocycles. The van der Waals surface area contributed by atoms with Gasteiger partial charge in [-0.15, -0.1) is 0 Å². The summed E-state index contributed by atoms with van der Waals surface area (Å²) in [6.45, 7) is 2.11. The number of benzene rings is 1. The first-order valence-electron chi connectivity index (χ1n) is 3.45. The average Bonchev–Trinajstić information content (AvgIpc) is 1.88. The molecule has 54 valence electrons. The van der Waals surface area contributed by atoms with Gasteiger partial charge in [-0.2, -0.15) is 0 Å². The van der Waals surface area contributed by atoms with E-state index < -0.39 is 0 Å². The first-order chi connectivity index (χ1) is 4.70. The molecule has 1 atom stereocenters. The fraction of sp³-hybridized carbons (Fsp3) is 0.250. The van der Waals surface area contributed by atoms with E-state index in [-0.39, 0.29) is 5.82 Å². The van der Waals surface area contributed by atoms with Crippen molar-refractivity contribution in [3.63, 3.8) is 0 Å². The molecular formula is C8H11FSi. The minimum Gasteiger partial charge on any atom is -0.207 e. The molecule has 10 heavy (non-hydrogen) atoms. The van der Waals surface area contributed by atoms with Crippen molar-refractivity contribution >= 4 is 10.2 Å². The van der Waals surface area contributed by atoms with Crippen LogP contribution >= 0.6 is 0 Å². The highest BCUT2D eigenvalue weighted by atomic mass is 28.1. The van der Waals surface area contributed by atoms with Gasteiger partial charge in [0, 0.05) is 10.2 Å². The number of hydrogen-bond donors (Lipinski definition) is 0. The Kier molecular flexibility index (Phi) is 2.22. The lowest BCUT2D eigenvalue weighted by molar-refractivity contribution is 0.625. The number of rotatable bonds is 1. The summed E-state index contributed by atoms with van der Waals surface area (Å²) in [5, 5.41) is 0. The zero-order valence-electron chi connectivity index (χ0n) is 6.26. The minimum atomic E-state index is -0.125. The molecule has 0 heterocycles. The van der Waals surface area contributed by atoms with Gasteiger partial charge in [-0.3, -0.25) is 0 Å². The average molecular weight is 154 g/mol. The Balaban J connectivity index is 2.96. The largest absolute Gasteiger partial charge is 0.207 e. The molecule has 0 fully saturated rings. The van der Waals surface area contributed by atoms with Crippen molar-refractivity contribution < 1.29 is 4.39 Å². The summed E-state index contributed by atoms with van der Waals surface area (Å²) in [5.41, 5.74) is 1.67. The lowest BCUT2D eigenvalue weighted by atomic mass is 10.2. The fourth-order valence-corrected chi connectivity index (χ4v) is 1.22. The third kappa shape index (κ3) is 1.67. The van der Waals surface area contributed by atoms with Crippen LogP contribution in [0.2, 0.25) is 0 Å². The maximum absolute atomic E-state index is 12.5. The molecule has 0 aromatic heterocycles. The first kappa shape index (κ1) is 7.47. The van der Waals surface area contributed by atoms with Gasteiger partial charge in [0.2, 0.25) is 0 Å². The van der Waals surface area contributed by atoms with Crippen molar-refractivity contribution in [3.8, 4) is 0 Å². The highest BCUT2D eigenvalue weighted by molar-refractivity contribution is 6.12. The normalized spacial score (nSPS) is 13.4. The Morgan fingerprint density at radius 1 is 1.50 bits per heavy atom. The highest BCUT2D eigenvalue weighted by Crippen LogP contribution is 2.11. The third-order valence-corrected chi connectivity index (χ3v) is 2.18. The number of halogens is 1. The Hall–Kier alpha value is -0.633. The molecule has 1 unspecified atom stereocenters. The molecule has 2 heteroatoms. The zero-order valence-corrected chi connectivity index (χ0v) is 8.26. The fourth-order valence-electron chi connectivity index (χ4n) is 0.866. The van der Waals surface area contributed by atoms with Gasteiger partial charge in [0.25, 0.3) is 0 Å². The summed E-state index contributed by atoms with van der Waals surface area (Å²) < 4.78 is 12.5. The van der Waals surface area contributed by atoms with Crippen molar-refractivity contribution in [2.75, 3.05) is 0 Å². The van der Waals surface area contributed by atoms with Crippen LogP contribution in [0.25, 0.3) is 0 Å². The second kappa shape index (κ2) is 2.97. The quantitative estimate of drug-likeness (QED) is 0.534. The van der Waals surface area contributed by atoms with Gasteiger partial charge in [-0.25, -0.2) is 4.39 Å². The van der Waals surface area contributed by atoms with E-state index in [1.807, 2.05) is 6.07 Å². The monoisotopic (exact) mass is 154 g/mol. The van der Waals surface area contributed by atoms with Crippen LogP contribution in [0.3, 0.4) is 0 Å². The Morgan fingerprint density at radius 3 is 2.60 bits per heavy atom. The van der Waals surface area contributed by atoms with E-state index in [0.29, 0.717) is 5.54 Å². The van der Waals surface area contributed by atoms with Crippen LogP contribution in [-0.4, -0.2) is 10.2 Å². The molecule has 0 spiro atoms. The summed E-state index contributed by atoms with van der Waals surface area (Å²) in [6, 6.07) is 6.82. The lowest BCUT2D eigenvalue weighted by Gasteiger charge is -2.02. The van der Waals surface area contributed by atoms with E-state index in [4.69, 9.17) is 0 Å². The van der Waals surface area contributed by atoms with Gasteiger partial charge >= 0.3 is 0 Å². The summed E-state index contributed by atoms with van der Waals surface area (Å²) in [5.74, 6) is -0.125. The summed E-state index contributed by atoms with van der Waals surface area (Å²) in [4.78, 5) is 0. The third-order valence-electron chi connectivity index (χ3n) is 1.52. The second-order valence-electron chi connectivity index (χ2n) is 2.71. The van der Waals surface area contributed by atoms with Gasteiger partial charge in [0.15, 0.2) is 0 Å². The maximum Gasteiger partial charge on any atom is 0.123 e. The molecule has 0 nitrogen and oxygen atoms in total. The number of hydrogen-bond acceptors (Lipinski definition) is 0. The summed E-state index contributed by atoms with van der Waals surface area (Å²) in [6.07, 6.45) is 0. The van der Waals surface area contributed by atoms with Crippen LogP contribution in [0, 0.1) is 5.82 Å². The molecule has 0 saturated heterocycles. The molecule has 0 aliphatic rings. The maximum atomic E-state index is 12.5. The van der Waals surface area contributed by atoms with E-state index in [0.717, 1.165) is 15.8 Å². The first-order valence-corrected chi connectivity index (χ1v) is 4.61. The molecule has 1 rings (SSSR count). The van der Waals surface area contributed by atoms with Crippen LogP contribution < -0.4 is 0 Å². The van der Waals surface area contributed by atoms with E-state index in [1.165, 1.54) is 6.07 Å². The van der Waals surface area contributed by atoms with Gasteiger partial charge in [0.05, 0.1) is 0 Å². The van der Waals surface area contributed by atoms with E-state index >= 15 is 0 Å². The molecule has 1 aromatic carbocycles. The molecule has 0 radical (unpaired) electrons. The van der Waals surface area contributed by atoms with Crippen LogP contribution in [0.4, 0.5) is 4.39 Å². The van der Waals surface area contributed by atoms with E-state index in [2.05, 4.69) is 6.92 Å². The molecule has 0 saturated carbocycles. The van der Waals surface area contributed by atoms with Gasteiger partial charge in [-0.1, -0.05) is 19.1 Å². The van der Waals surface area contributed by atoms with Crippen LogP contribution in [-0.2, 0) is 0 Å². The van der Waals surface area contributed by atoms with Crippen molar-refractivity contribution in [1.29, 1.82) is 0 Å². The second-order valence-corrected chi connectivity index (χ2v) is 4.44. The predicted molar refractivity (Wildman–Crippen MR) is 44.8 cm³/mol. The standard InChI is InChI=1S/C8H11FSi/c1-6(10)7-3-2-4-8(9)5-7/h2-6H,1,10H3. The van der Waals surface area contributed by atoms with Crippen LogP contribution in [0.1, 0.15) is 18.0 Å². The Morgan fingerprint density at radius 2 is 2.20 bits per heavy atom. The van der Waals surface area contributed by atoms with Gasteiger partial charge in [-0.05, 0) is 23.2 Å². The molecule has 0 N–H and O–H groups in total. The Labute approximate surface area is 63.5 Å². The molecular weight excluding hydrogens is 143 g/mol. The highest BCUT2D eigenvalue weighted by Gasteiger charge is 1.97. The minimum absolute atomic E-state index is 0.125. The van der Waals surface area contributed by atoms with Gasteiger partial charge in [0.1, 0.15) is 5.82 Å². The zero-order chi connectivity index (χ0) is 7.56. The molecule has 0 bridgehead atoms. The predicted octanol–water partition coefficient (Wildman–Crippen LogP) is 1.25. The van der Waals surface area contributed by atoms with E-state index in [1.54, 1.807) is 12.1 Å². The molecule has 1 aromatic rings. The van der Waals surface area contributed by atoms with Gasteiger partial charge < -0.3 is 0 Å². The molecule has 0 aliphatic carbocycles. The van der Waals surface area contributed by atoms with Crippen molar-refractivity contribution in [3.05, 3.63) is 35.6 Å². The Bertz CT molecular complexity index is 220. The van der Waals surface area contributed by atoms with Crippen molar-refractivity contribution in [2.45, 2.75) is 12.5 Å². The SMILES string of the molecule is CC([SiH3])c1cccc(F)c1. The summed E-state index contributed by atoms with van der Waals surface area (Å²) in [7, 11) is 1.09. The van der Waals surface area contributed by atoms with Crippen LogP contribution in [0.15, 0.2) is 24.3 Å². The lowest BCUT2D eigenvalue weighted by Crippen LogP contribution is -1.91. The van der Waals surface area contributed by atoms with E-state index in [9.17, 15) is 4.39 Å². The topological polar surface area (TPSA) is 0 Å².